The molecule has 1 nitrogen and oxygen atoms in total. The summed E-state index contributed by atoms with van der Waals surface area (Å²) in [6, 6.07) is 16.3. The molecule has 0 aliphatic heterocycles. The van der Waals surface area contributed by atoms with E-state index in [1.54, 1.807) is 0 Å². The standard InChI is InChI=1S/C18H14O/c1-18-11-13-7-3-2-6-12(13)10-16(18)14-8-4-5-9-15(14)17(18)19/h2-10H,11H2,1H3/t18-/m1/s1. The van der Waals surface area contributed by atoms with Crippen molar-refractivity contribution in [3.05, 3.63) is 70.8 Å². The largest absolute Gasteiger partial charge is 0.293 e. The smallest absolute Gasteiger partial charge is 0.174 e. The van der Waals surface area contributed by atoms with Crippen LogP contribution in [0.25, 0.3) is 11.6 Å². The Morgan fingerprint density at radius 3 is 2.47 bits per heavy atom. The fourth-order valence-electron chi connectivity index (χ4n) is 3.42. The van der Waals surface area contributed by atoms with E-state index in [2.05, 4.69) is 37.3 Å². The van der Waals surface area contributed by atoms with E-state index < -0.39 is 0 Å². The van der Waals surface area contributed by atoms with Gasteiger partial charge in [-0.25, -0.2) is 0 Å². The summed E-state index contributed by atoms with van der Waals surface area (Å²) < 4.78 is 0. The maximum Gasteiger partial charge on any atom is 0.174 e. The number of Topliss-reactive ketones (excluding diaryl/α,β-unsaturated/α-hetero) is 1. The molecule has 0 aromatic heterocycles. The van der Waals surface area contributed by atoms with Gasteiger partial charge in [0.15, 0.2) is 5.78 Å². The lowest BCUT2D eigenvalue weighted by Gasteiger charge is -2.29. The molecule has 0 fully saturated rings. The van der Waals surface area contributed by atoms with Gasteiger partial charge in [-0.05, 0) is 41.7 Å². The van der Waals surface area contributed by atoms with Crippen LogP contribution in [0.4, 0.5) is 0 Å². The predicted molar refractivity (Wildman–Crippen MR) is 76.9 cm³/mol. The number of carbonyl (C=O) groups excluding carboxylic acids is 1. The highest BCUT2D eigenvalue weighted by molar-refractivity contribution is 6.20. The Balaban J connectivity index is 2.03. The summed E-state index contributed by atoms with van der Waals surface area (Å²) in [6.07, 6.45) is 3.01. The molecule has 0 radical (unpaired) electrons. The zero-order valence-electron chi connectivity index (χ0n) is 10.8. The van der Waals surface area contributed by atoms with Crippen molar-refractivity contribution < 1.29 is 4.79 Å². The molecule has 0 bridgehead atoms. The normalized spacial score (nSPS) is 23.4. The average Bonchev–Trinajstić information content (AvgIpc) is 2.66. The van der Waals surface area contributed by atoms with Gasteiger partial charge >= 0.3 is 0 Å². The summed E-state index contributed by atoms with van der Waals surface area (Å²) >= 11 is 0. The Hall–Kier alpha value is -2.15. The van der Waals surface area contributed by atoms with Crippen molar-refractivity contribution in [2.75, 3.05) is 0 Å². The van der Waals surface area contributed by atoms with Crippen LogP contribution in [-0.4, -0.2) is 5.78 Å². The van der Waals surface area contributed by atoms with Gasteiger partial charge in [-0.15, -0.1) is 0 Å². The molecular formula is C18H14O. The third-order valence-corrected chi connectivity index (χ3v) is 4.46. The highest BCUT2D eigenvalue weighted by Crippen LogP contribution is 2.51. The lowest BCUT2D eigenvalue weighted by atomic mass is 9.72. The number of carbonyl (C=O) groups is 1. The third-order valence-electron chi connectivity index (χ3n) is 4.46. The fraction of sp³-hybridized carbons (Fsp3) is 0.167. The van der Waals surface area contributed by atoms with E-state index in [-0.39, 0.29) is 11.2 Å². The number of rotatable bonds is 0. The van der Waals surface area contributed by atoms with Gasteiger partial charge in [0.25, 0.3) is 0 Å². The van der Waals surface area contributed by atoms with Crippen molar-refractivity contribution in [2.24, 2.45) is 5.41 Å². The molecule has 2 aromatic carbocycles. The Morgan fingerprint density at radius 1 is 0.947 bits per heavy atom. The average molecular weight is 246 g/mol. The van der Waals surface area contributed by atoms with Gasteiger partial charge in [-0.3, -0.25) is 4.79 Å². The monoisotopic (exact) mass is 246 g/mol. The molecule has 92 valence electrons. The molecule has 1 heteroatoms. The SMILES string of the molecule is C[C@@]12Cc3ccccc3C=C1c1ccccc1C2=O. The molecule has 0 spiro atoms. The van der Waals surface area contributed by atoms with Gasteiger partial charge in [0.05, 0.1) is 5.41 Å². The first-order valence-electron chi connectivity index (χ1n) is 6.64. The van der Waals surface area contributed by atoms with Crippen molar-refractivity contribution in [3.8, 4) is 0 Å². The van der Waals surface area contributed by atoms with E-state index in [0.717, 1.165) is 17.5 Å². The second kappa shape index (κ2) is 3.45. The second-order valence-electron chi connectivity index (χ2n) is 5.64. The van der Waals surface area contributed by atoms with Crippen LogP contribution in [0.15, 0.2) is 48.5 Å². The zero-order chi connectivity index (χ0) is 13.0. The van der Waals surface area contributed by atoms with Gasteiger partial charge < -0.3 is 0 Å². The summed E-state index contributed by atoms with van der Waals surface area (Å²) in [5.41, 5.74) is 5.33. The first-order chi connectivity index (χ1) is 9.20. The molecular weight excluding hydrogens is 232 g/mol. The molecule has 4 rings (SSSR count). The molecule has 0 N–H and O–H groups in total. The Labute approximate surface area is 112 Å². The number of allylic oxidation sites excluding steroid dienone is 1. The number of hydrogen-bond donors (Lipinski definition) is 0. The van der Waals surface area contributed by atoms with Crippen molar-refractivity contribution in [2.45, 2.75) is 13.3 Å². The van der Waals surface area contributed by atoms with Gasteiger partial charge in [-0.2, -0.15) is 0 Å². The second-order valence-corrected chi connectivity index (χ2v) is 5.64. The molecule has 0 unspecified atom stereocenters. The van der Waals surface area contributed by atoms with Crippen molar-refractivity contribution >= 4 is 17.4 Å². The summed E-state index contributed by atoms with van der Waals surface area (Å²) in [6.45, 7) is 2.08. The summed E-state index contributed by atoms with van der Waals surface area (Å²) in [5.74, 6) is 0.267. The number of fused-ring (bicyclic) bond motifs is 4. The van der Waals surface area contributed by atoms with E-state index in [0.29, 0.717) is 0 Å². The van der Waals surface area contributed by atoms with Crippen LogP contribution in [0.3, 0.4) is 0 Å². The third kappa shape index (κ3) is 1.27. The Kier molecular flexibility index (Phi) is 1.95. The van der Waals surface area contributed by atoms with Gasteiger partial charge in [0, 0.05) is 5.56 Å². The highest BCUT2D eigenvalue weighted by atomic mass is 16.1. The Morgan fingerprint density at radius 2 is 1.63 bits per heavy atom. The summed E-state index contributed by atoms with van der Waals surface area (Å²) in [5, 5.41) is 0. The number of hydrogen-bond acceptors (Lipinski definition) is 1. The number of ketones is 1. The van der Waals surface area contributed by atoms with Crippen LogP contribution in [0.1, 0.15) is 34.0 Å². The summed E-state index contributed by atoms with van der Waals surface area (Å²) in [7, 11) is 0. The highest BCUT2D eigenvalue weighted by Gasteiger charge is 2.47. The zero-order valence-corrected chi connectivity index (χ0v) is 10.8. The summed E-state index contributed by atoms with van der Waals surface area (Å²) in [4.78, 5) is 12.7. The molecule has 0 saturated carbocycles. The first kappa shape index (κ1) is 10.7. The van der Waals surface area contributed by atoms with Crippen LogP contribution >= 0.6 is 0 Å². The van der Waals surface area contributed by atoms with Crippen LogP contribution < -0.4 is 0 Å². The minimum absolute atomic E-state index is 0.267. The molecule has 0 heterocycles. The van der Waals surface area contributed by atoms with Gasteiger partial charge in [0.2, 0.25) is 0 Å². The minimum atomic E-state index is -0.377. The molecule has 19 heavy (non-hydrogen) atoms. The van der Waals surface area contributed by atoms with E-state index in [1.807, 2.05) is 24.3 Å². The maximum absolute atomic E-state index is 12.7. The molecule has 2 aliphatic rings. The fourth-order valence-corrected chi connectivity index (χ4v) is 3.42. The molecule has 2 aliphatic carbocycles. The van der Waals surface area contributed by atoms with E-state index >= 15 is 0 Å². The Bertz CT molecular complexity index is 739. The van der Waals surface area contributed by atoms with Gasteiger partial charge in [-0.1, -0.05) is 48.5 Å². The van der Waals surface area contributed by atoms with Crippen LogP contribution in [-0.2, 0) is 6.42 Å². The molecule has 2 aromatic rings. The van der Waals surface area contributed by atoms with Crippen molar-refractivity contribution in [1.82, 2.24) is 0 Å². The molecule has 1 atom stereocenters. The van der Waals surface area contributed by atoms with Crippen LogP contribution in [0.2, 0.25) is 0 Å². The molecule has 0 amide bonds. The molecule has 0 saturated heterocycles. The quantitative estimate of drug-likeness (QED) is 0.687. The van der Waals surface area contributed by atoms with Crippen LogP contribution in [0, 0.1) is 5.41 Å². The number of benzene rings is 2. The van der Waals surface area contributed by atoms with E-state index in [1.165, 1.54) is 16.7 Å². The lowest BCUT2D eigenvalue weighted by molar-refractivity contribution is 0.0890. The van der Waals surface area contributed by atoms with Crippen LogP contribution in [0.5, 0.6) is 0 Å². The lowest BCUT2D eigenvalue weighted by Crippen LogP contribution is -2.28. The minimum Gasteiger partial charge on any atom is -0.293 e. The maximum atomic E-state index is 12.7. The van der Waals surface area contributed by atoms with Gasteiger partial charge in [0.1, 0.15) is 0 Å². The predicted octanol–water partition coefficient (Wildman–Crippen LogP) is 3.99. The van der Waals surface area contributed by atoms with Crippen molar-refractivity contribution in [3.63, 3.8) is 0 Å². The first-order valence-corrected chi connectivity index (χ1v) is 6.64. The van der Waals surface area contributed by atoms with E-state index in [9.17, 15) is 4.79 Å². The topological polar surface area (TPSA) is 17.1 Å². The van der Waals surface area contributed by atoms with Crippen molar-refractivity contribution in [1.29, 1.82) is 0 Å². The van der Waals surface area contributed by atoms with E-state index in [4.69, 9.17) is 0 Å².